The summed E-state index contributed by atoms with van der Waals surface area (Å²) in [5.74, 6) is -0.0526. The number of rotatable bonds is 4. The molecule has 112 valence electrons. The zero-order valence-corrected chi connectivity index (χ0v) is 13.4. The molecule has 0 spiro atoms. The van der Waals surface area contributed by atoms with Crippen LogP contribution in [0.4, 0.5) is 5.69 Å². The van der Waals surface area contributed by atoms with Crippen molar-refractivity contribution in [3.63, 3.8) is 0 Å². The van der Waals surface area contributed by atoms with E-state index in [1.54, 1.807) is 23.9 Å². The lowest BCUT2D eigenvalue weighted by atomic mass is 10.2. The number of carbonyl (C=O) groups is 1. The van der Waals surface area contributed by atoms with Gasteiger partial charge < -0.3 is 9.88 Å². The molecule has 0 aliphatic rings. The molecule has 4 nitrogen and oxygen atoms in total. The molecule has 0 aliphatic carbocycles. The molecular formula is C17H17N3OS. The minimum atomic E-state index is -0.0526. The first-order chi connectivity index (χ1) is 10.7. The molecule has 22 heavy (non-hydrogen) atoms. The fraction of sp³-hybridized carbons (Fsp3) is 0.176. The first kappa shape index (κ1) is 14.5. The van der Waals surface area contributed by atoms with Crippen molar-refractivity contribution in [3.05, 3.63) is 64.4 Å². The van der Waals surface area contributed by atoms with Gasteiger partial charge in [0.15, 0.2) is 0 Å². The van der Waals surface area contributed by atoms with Crippen LogP contribution < -0.4 is 5.32 Å². The van der Waals surface area contributed by atoms with Gasteiger partial charge >= 0.3 is 0 Å². The lowest BCUT2D eigenvalue weighted by Gasteiger charge is -2.06. The summed E-state index contributed by atoms with van der Waals surface area (Å²) in [6, 6.07) is 9.66. The Morgan fingerprint density at radius 3 is 2.68 bits per heavy atom. The van der Waals surface area contributed by atoms with Crippen molar-refractivity contribution in [1.29, 1.82) is 0 Å². The third-order valence-electron chi connectivity index (χ3n) is 3.49. The van der Waals surface area contributed by atoms with Gasteiger partial charge in [-0.05, 0) is 49.2 Å². The lowest BCUT2D eigenvalue weighted by Crippen LogP contribution is -2.10. The van der Waals surface area contributed by atoms with E-state index in [9.17, 15) is 4.79 Å². The molecule has 1 amide bonds. The topological polar surface area (TPSA) is 46.9 Å². The maximum absolute atomic E-state index is 12.3. The third-order valence-corrected chi connectivity index (χ3v) is 4.87. The number of thiophene rings is 1. The summed E-state index contributed by atoms with van der Waals surface area (Å²) in [7, 11) is 0. The molecule has 5 heteroatoms. The molecule has 0 aliphatic heterocycles. The maximum Gasteiger partial charge on any atom is 0.265 e. The van der Waals surface area contributed by atoms with Crippen molar-refractivity contribution < 1.29 is 4.79 Å². The number of nitrogens with zero attached hydrogens (tertiary/aromatic N) is 2. The molecule has 3 rings (SSSR count). The summed E-state index contributed by atoms with van der Waals surface area (Å²) >= 11 is 1.56. The third kappa shape index (κ3) is 2.94. The Morgan fingerprint density at radius 2 is 2.09 bits per heavy atom. The van der Waals surface area contributed by atoms with Crippen LogP contribution in [0.1, 0.15) is 27.0 Å². The van der Waals surface area contributed by atoms with Crippen LogP contribution in [0.5, 0.6) is 0 Å². The van der Waals surface area contributed by atoms with E-state index in [4.69, 9.17) is 0 Å². The summed E-state index contributed by atoms with van der Waals surface area (Å²) in [4.78, 5) is 18.3. The minimum Gasteiger partial charge on any atom is -0.321 e. The number of amides is 1. The van der Waals surface area contributed by atoms with E-state index in [1.165, 1.54) is 10.4 Å². The van der Waals surface area contributed by atoms with Gasteiger partial charge in [-0.3, -0.25) is 4.79 Å². The highest BCUT2D eigenvalue weighted by Gasteiger charge is 2.11. The Hall–Kier alpha value is -2.40. The number of hydrogen-bond acceptors (Lipinski definition) is 3. The fourth-order valence-corrected chi connectivity index (χ4v) is 3.31. The van der Waals surface area contributed by atoms with Crippen LogP contribution in [0.2, 0.25) is 0 Å². The van der Waals surface area contributed by atoms with Crippen molar-refractivity contribution >= 4 is 22.9 Å². The van der Waals surface area contributed by atoms with Crippen LogP contribution in [0, 0.1) is 6.92 Å². The van der Waals surface area contributed by atoms with Crippen LogP contribution in [0.15, 0.2) is 49.1 Å². The number of aromatic nitrogens is 2. The molecular weight excluding hydrogens is 294 g/mol. The van der Waals surface area contributed by atoms with Crippen molar-refractivity contribution in [2.75, 3.05) is 5.32 Å². The number of benzene rings is 1. The van der Waals surface area contributed by atoms with Gasteiger partial charge in [-0.25, -0.2) is 4.98 Å². The Morgan fingerprint density at radius 1 is 1.32 bits per heavy atom. The van der Waals surface area contributed by atoms with Crippen LogP contribution in [0.3, 0.4) is 0 Å². The lowest BCUT2D eigenvalue weighted by molar-refractivity contribution is 0.103. The van der Waals surface area contributed by atoms with E-state index in [0.717, 1.165) is 22.7 Å². The van der Waals surface area contributed by atoms with Gasteiger partial charge in [0.05, 0.1) is 11.2 Å². The second-order valence-corrected chi connectivity index (χ2v) is 6.18. The van der Waals surface area contributed by atoms with E-state index < -0.39 is 0 Å². The number of anilines is 1. The molecule has 2 aromatic heterocycles. The molecule has 0 radical (unpaired) electrons. The maximum atomic E-state index is 12.3. The van der Waals surface area contributed by atoms with Gasteiger partial charge in [-0.1, -0.05) is 6.92 Å². The predicted octanol–water partition coefficient (Wildman–Crippen LogP) is 4.06. The molecule has 0 saturated heterocycles. The molecule has 0 fully saturated rings. The number of imidazole rings is 1. The zero-order valence-electron chi connectivity index (χ0n) is 12.5. The van der Waals surface area contributed by atoms with Crippen molar-refractivity contribution in [3.8, 4) is 5.69 Å². The Bertz CT molecular complexity index is 773. The molecule has 0 bridgehead atoms. The standard InChI is InChI=1S/C17H17N3OS/c1-3-15-12(2)10-16(22-15)17(21)19-13-4-6-14(7-5-13)20-9-8-18-11-20/h4-11H,3H2,1-2H3,(H,19,21). The molecule has 0 unspecified atom stereocenters. The monoisotopic (exact) mass is 311 g/mol. The van der Waals surface area contributed by atoms with E-state index in [1.807, 2.05) is 48.0 Å². The summed E-state index contributed by atoms with van der Waals surface area (Å²) in [6.45, 7) is 4.15. The van der Waals surface area contributed by atoms with E-state index in [-0.39, 0.29) is 5.91 Å². The van der Waals surface area contributed by atoms with Crippen molar-refractivity contribution in [2.24, 2.45) is 0 Å². The van der Waals surface area contributed by atoms with Gasteiger partial charge in [0.2, 0.25) is 0 Å². The highest BCUT2D eigenvalue weighted by Crippen LogP contribution is 2.23. The average molecular weight is 311 g/mol. The first-order valence-electron chi connectivity index (χ1n) is 7.16. The quantitative estimate of drug-likeness (QED) is 0.790. The van der Waals surface area contributed by atoms with E-state index >= 15 is 0 Å². The van der Waals surface area contributed by atoms with Crippen molar-refractivity contribution in [2.45, 2.75) is 20.3 Å². The number of carbonyl (C=O) groups excluding carboxylic acids is 1. The van der Waals surface area contributed by atoms with E-state index in [0.29, 0.717) is 0 Å². The first-order valence-corrected chi connectivity index (χ1v) is 7.98. The Kier molecular flexibility index (Phi) is 4.06. The normalized spacial score (nSPS) is 10.6. The summed E-state index contributed by atoms with van der Waals surface area (Å²) < 4.78 is 1.92. The van der Waals surface area contributed by atoms with Gasteiger partial charge in [0.25, 0.3) is 5.91 Å². The smallest absolute Gasteiger partial charge is 0.265 e. The number of nitrogens with one attached hydrogen (secondary N) is 1. The van der Waals surface area contributed by atoms with Crippen LogP contribution in [-0.4, -0.2) is 15.5 Å². The fourth-order valence-electron chi connectivity index (χ4n) is 2.30. The summed E-state index contributed by atoms with van der Waals surface area (Å²) in [5, 5.41) is 2.94. The molecule has 0 saturated carbocycles. The van der Waals surface area contributed by atoms with Crippen LogP contribution >= 0.6 is 11.3 Å². The minimum absolute atomic E-state index is 0.0526. The summed E-state index contributed by atoms with van der Waals surface area (Å²) in [6.07, 6.45) is 6.33. The van der Waals surface area contributed by atoms with E-state index in [2.05, 4.69) is 17.2 Å². The largest absolute Gasteiger partial charge is 0.321 e. The van der Waals surface area contributed by atoms with Gasteiger partial charge in [-0.2, -0.15) is 0 Å². The van der Waals surface area contributed by atoms with Gasteiger partial charge in [-0.15, -0.1) is 11.3 Å². The van der Waals surface area contributed by atoms with Crippen LogP contribution in [-0.2, 0) is 6.42 Å². The SMILES string of the molecule is CCc1sc(C(=O)Nc2ccc(-n3ccnc3)cc2)cc1C. The highest BCUT2D eigenvalue weighted by molar-refractivity contribution is 7.14. The molecule has 1 aromatic carbocycles. The number of hydrogen-bond donors (Lipinski definition) is 1. The molecule has 1 N–H and O–H groups in total. The average Bonchev–Trinajstić information content (AvgIpc) is 3.17. The van der Waals surface area contributed by atoms with Crippen molar-refractivity contribution in [1.82, 2.24) is 9.55 Å². The highest BCUT2D eigenvalue weighted by atomic mass is 32.1. The number of aryl methyl sites for hydroxylation is 2. The van der Waals surface area contributed by atoms with Crippen LogP contribution in [0.25, 0.3) is 5.69 Å². The Balaban J connectivity index is 1.73. The molecule has 0 atom stereocenters. The second kappa shape index (κ2) is 6.15. The Labute approximate surface area is 133 Å². The second-order valence-electron chi connectivity index (χ2n) is 5.04. The van der Waals surface area contributed by atoms with Gasteiger partial charge in [0, 0.05) is 28.6 Å². The predicted molar refractivity (Wildman–Crippen MR) is 90.0 cm³/mol. The summed E-state index contributed by atoms with van der Waals surface area (Å²) in [5.41, 5.74) is 2.99. The molecule has 2 heterocycles. The zero-order chi connectivity index (χ0) is 15.5. The molecule has 3 aromatic rings. The van der Waals surface area contributed by atoms with Gasteiger partial charge in [0.1, 0.15) is 0 Å².